The average molecular weight is 519 g/mol. The fourth-order valence-corrected chi connectivity index (χ4v) is 4.73. The van der Waals surface area contributed by atoms with Crippen LogP contribution in [0, 0.1) is 29.1 Å². The van der Waals surface area contributed by atoms with Crippen molar-refractivity contribution in [2.24, 2.45) is 40.7 Å². The molecule has 9 nitrogen and oxygen atoms in total. The molecule has 7 N–H and O–H groups in total. The maximum absolute atomic E-state index is 14.3. The number of carbonyl (C=O) groups is 3. The zero-order chi connectivity index (χ0) is 28.4. The summed E-state index contributed by atoms with van der Waals surface area (Å²) in [5.41, 5.74) is 8.98. The van der Waals surface area contributed by atoms with Gasteiger partial charge < -0.3 is 10.5 Å². The first kappa shape index (κ1) is 32.4. The molecule has 0 radical (unpaired) electrons. The zero-order valence-electron chi connectivity index (χ0n) is 23.3. The molecule has 0 saturated heterocycles. The molecule has 0 fully saturated rings. The molecule has 0 saturated carbocycles. The van der Waals surface area contributed by atoms with E-state index in [4.69, 9.17) is 16.3 Å². The van der Waals surface area contributed by atoms with Crippen LogP contribution in [-0.4, -0.2) is 41.1 Å². The monoisotopic (exact) mass is 518 g/mol. The number of ether oxygens (including phenoxy) is 1. The Morgan fingerprint density at radius 3 is 2.08 bits per heavy atom. The Balaban J connectivity index is 3.92. The highest BCUT2D eigenvalue weighted by Gasteiger charge is 2.53. The summed E-state index contributed by atoms with van der Waals surface area (Å²) in [7, 11) is 0. The maximum Gasteiger partial charge on any atom is 0.248 e. The number of amides is 2. The lowest BCUT2D eigenvalue weighted by Gasteiger charge is -2.42. The molecule has 0 aliphatic heterocycles. The molecule has 0 aromatic heterocycles. The van der Waals surface area contributed by atoms with Crippen LogP contribution in [0.3, 0.4) is 0 Å². The van der Waals surface area contributed by atoms with Crippen molar-refractivity contribution in [2.45, 2.75) is 73.0 Å². The van der Waals surface area contributed by atoms with Gasteiger partial charge in [0.1, 0.15) is 0 Å². The topological polar surface area (TPSA) is 157 Å². The number of hydrazine groups is 1. The van der Waals surface area contributed by atoms with Gasteiger partial charge in [0.15, 0.2) is 5.78 Å². The van der Waals surface area contributed by atoms with Crippen LogP contribution in [0.2, 0.25) is 0 Å². The van der Waals surface area contributed by atoms with Crippen molar-refractivity contribution >= 4 is 23.7 Å². The Labute approximate surface area is 221 Å². The lowest BCUT2D eigenvalue weighted by molar-refractivity contribution is -0.152. The predicted octanol–water partition coefficient (Wildman–Crippen LogP) is 3.22. The highest BCUT2D eigenvalue weighted by Crippen LogP contribution is 2.45. The number of allylic oxidation sites excluding steroid dienone is 1. The smallest absolute Gasteiger partial charge is 0.248 e. The average Bonchev–Trinajstić information content (AvgIpc) is 2.83. The number of hydrogen-bond acceptors (Lipinski definition) is 7. The van der Waals surface area contributed by atoms with E-state index in [1.54, 1.807) is 17.6 Å². The van der Waals surface area contributed by atoms with E-state index < -0.39 is 46.5 Å². The Morgan fingerprint density at radius 2 is 1.62 bits per heavy atom. The van der Waals surface area contributed by atoms with Crippen LogP contribution in [0.1, 0.15) is 66.9 Å². The quantitative estimate of drug-likeness (QED) is 0.109. The summed E-state index contributed by atoms with van der Waals surface area (Å²) in [5.74, 6) is 1.22. The van der Waals surface area contributed by atoms with Gasteiger partial charge in [-0.1, -0.05) is 70.2 Å². The van der Waals surface area contributed by atoms with Crippen LogP contribution in [0.5, 0.6) is 0 Å². The molecule has 1 aromatic carbocycles. The summed E-state index contributed by atoms with van der Waals surface area (Å²) < 4.78 is 5.82. The second-order valence-corrected chi connectivity index (χ2v) is 11.5. The lowest BCUT2D eigenvalue weighted by Crippen LogP contribution is -2.57. The Kier molecular flexibility index (Phi) is 12.6. The second-order valence-electron chi connectivity index (χ2n) is 11.5. The molecule has 208 valence electrons. The number of carbonyl (C=O) groups excluding carboxylic acids is 3. The third kappa shape index (κ3) is 9.66. The fourth-order valence-electron chi connectivity index (χ4n) is 4.73. The minimum absolute atomic E-state index is 0.0147. The van der Waals surface area contributed by atoms with Gasteiger partial charge in [0.05, 0.1) is 35.5 Å². The number of ketones is 1. The van der Waals surface area contributed by atoms with E-state index in [0.717, 1.165) is 5.56 Å². The van der Waals surface area contributed by atoms with Gasteiger partial charge in [-0.2, -0.15) is 0 Å². The molecule has 0 heterocycles. The molecule has 0 spiro atoms. The zero-order valence-corrected chi connectivity index (χ0v) is 23.3. The molecule has 4 atom stereocenters. The van der Waals surface area contributed by atoms with Gasteiger partial charge in [-0.3, -0.25) is 25.0 Å². The van der Waals surface area contributed by atoms with Crippen molar-refractivity contribution in [1.29, 1.82) is 0 Å². The normalized spacial score (nSPS) is 16.3. The number of benzene rings is 1. The third-order valence-electron chi connectivity index (χ3n) is 6.16. The third-order valence-corrected chi connectivity index (χ3v) is 6.16. The Morgan fingerprint density at radius 1 is 1.03 bits per heavy atom. The van der Waals surface area contributed by atoms with E-state index in [9.17, 15) is 19.6 Å². The number of Topliss-reactive ketones (excluding diaryl/α,β-unsaturated/α-hetero) is 1. The molecule has 9 heteroatoms. The van der Waals surface area contributed by atoms with E-state index >= 15 is 0 Å². The molecule has 0 aliphatic carbocycles. The van der Waals surface area contributed by atoms with Crippen LogP contribution in [0.25, 0.3) is 6.08 Å². The van der Waals surface area contributed by atoms with Crippen molar-refractivity contribution in [3.05, 3.63) is 42.0 Å². The van der Waals surface area contributed by atoms with Crippen LogP contribution in [0.15, 0.2) is 36.4 Å². The standard InChI is InChI=1S/C28H46N4O5/c1-18(2)15-21(25(34)31-30)23(26(35)32-36)28(16-19(3)4,14-13-20-11-9-8-10-12-20)24(33)22(29)17-37-27(5,6)7/h8-14,18-19,21-23,36H,15-17,29-30H2,1-7H3,(H,31,34)(H,32,35)/b14-13+/t21-,22-,23-,28?/m1/s1. The number of nitrogens with two attached hydrogens (primary N) is 2. The summed E-state index contributed by atoms with van der Waals surface area (Å²) in [4.78, 5) is 40.8. The first-order valence-electron chi connectivity index (χ1n) is 12.8. The van der Waals surface area contributed by atoms with Crippen molar-refractivity contribution in [1.82, 2.24) is 10.9 Å². The van der Waals surface area contributed by atoms with E-state index in [-0.39, 0.29) is 31.3 Å². The van der Waals surface area contributed by atoms with Gasteiger partial charge >= 0.3 is 0 Å². The summed E-state index contributed by atoms with van der Waals surface area (Å²) in [6.45, 7) is 13.1. The largest absolute Gasteiger partial charge is 0.374 e. The van der Waals surface area contributed by atoms with Gasteiger partial charge in [0, 0.05) is 0 Å². The summed E-state index contributed by atoms with van der Waals surface area (Å²) in [5, 5.41) is 9.80. The van der Waals surface area contributed by atoms with Crippen LogP contribution in [0.4, 0.5) is 0 Å². The van der Waals surface area contributed by atoms with Crippen molar-refractivity contribution in [3.8, 4) is 0 Å². The molecule has 2 amide bonds. The Hall–Kier alpha value is -2.59. The number of nitrogens with one attached hydrogen (secondary N) is 2. The first-order valence-corrected chi connectivity index (χ1v) is 12.8. The summed E-state index contributed by atoms with van der Waals surface area (Å²) in [6.07, 6.45) is 3.87. The molecule has 0 bridgehead atoms. The lowest BCUT2D eigenvalue weighted by atomic mass is 9.60. The van der Waals surface area contributed by atoms with Gasteiger partial charge in [0.25, 0.3) is 0 Å². The first-order chi connectivity index (χ1) is 17.2. The highest BCUT2D eigenvalue weighted by molar-refractivity contribution is 5.99. The molecule has 37 heavy (non-hydrogen) atoms. The molecular formula is C28H46N4O5. The van der Waals surface area contributed by atoms with Crippen LogP contribution in [-0.2, 0) is 19.1 Å². The molecular weight excluding hydrogens is 472 g/mol. The summed E-state index contributed by atoms with van der Waals surface area (Å²) in [6, 6.07) is 8.22. The summed E-state index contributed by atoms with van der Waals surface area (Å²) >= 11 is 0. The molecule has 0 aliphatic rings. The molecule has 1 rings (SSSR count). The van der Waals surface area contributed by atoms with E-state index in [0.29, 0.717) is 0 Å². The van der Waals surface area contributed by atoms with Crippen molar-refractivity contribution in [2.75, 3.05) is 6.61 Å². The molecule has 1 unspecified atom stereocenters. The SMILES string of the molecule is CC(C)C[C@@H](C(=O)NN)[C@H](C(=O)NO)C(/C=C/c1ccccc1)(CC(C)C)C(=O)[C@H](N)COC(C)(C)C. The maximum atomic E-state index is 14.3. The van der Waals surface area contributed by atoms with Gasteiger partial charge in [0.2, 0.25) is 11.8 Å². The van der Waals surface area contributed by atoms with Gasteiger partial charge in [-0.25, -0.2) is 11.3 Å². The van der Waals surface area contributed by atoms with E-state index in [1.165, 1.54) is 0 Å². The Bertz CT molecular complexity index is 911. The van der Waals surface area contributed by atoms with Gasteiger partial charge in [-0.15, -0.1) is 0 Å². The highest BCUT2D eigenvalue weighted by atomic mass is 16.5. The van der Waals surface area contributed by atoms with Crippen molar-refractivity contribution in [3.63, 3.8) is 0 Å². The van der Waals surface area contributed by atoms with E-state index in [2.05, 4.69) is 5.43 Å². The predicted molar refractivity (Wildman–Crippen MR) is 145 cm³/mol. The van der Waals surface area contributed by atoms with E-state index in [1.807, 2.05) is 78.8 Å². The fraction of sp³-hybridized carbons (Fsp3) is 0.607. The number of rotatable bonds is 14. The van der Waals surface area contributed by atoms with Crippen LogP contribution >= 0.6 is 0 Å². The minimum Gasteiger partial charge on any atom is -0.374 e. The number of hydrogen-bond donors (Lipinski definition) is 5. The molecule has 1 aromatic rings. The van der Waals surface area contributed by atoms with Crippen LogP contribution < -0.4 is 22.5 Å². The van der Waals surface area contributed by atoms with Crippen molar-refractivity contribution < 1.29 is 24.3 Å². The number of hydroxylamine groups is 1. The van der Waals surface area contributed by atoms with Gasteiger partial charge in [-0.05, 0) is 51.0 Å². The second kappa shape index (κ2) is 14.4. The minimum atomic E-state index is -1.55.